The highest BCUT2D eigenvalue weighted by atomic mass is 16.6. The van der Waals surface area contributed by atoms with Gasteiger partial charge in [0.05, 0.1) is 0 Å². The lowest BCUT2D eigenvalue weighted by Crippen LogP contribution is -2.30. The Morgan fingerprint density at radius 1 is 0.304 bits per heavy atom. The van der Waals surface area contributed by atoms with Crippen LogP contribution < -0.4 is 0 Å². The topological polar surface area (TPSA) is 78.9 Å². The van der Waals surface area contributed by atoms with Crippen molar-refractivity contribution < 1.29 is 28.6 Å². The second kappa shape index (κ2) is 56.4. The van der Waals surface area contributed by atoms with Crippen LogP contribution in [0.1, 0.15) is 239 Å². The van der Waals surface area contributed by atoms with E-state index in [9.17, 15) is 14.4 Å². The molecular weight excluding hydrogens is 853 g/mol. The summed E-state index contributed by atoms with van der Waals surface area (Å²) in [6.07, 6.45) is 77.5. The fourth-order valence-electron chi connectivity index (χ4n) is 7.32. The first-order valence-corrected chi connectivity index (χ1v) is 28.0. The molecule has 0 spiro atoms. The molecule has 0 saturated carbocycles. The average Bonchev–Trinajstić information content (AvgIpc) is 3.35. The van der Waals surface area contributed by atoms with Crippen molar-refractivity contribution in [1.82, 2.24) is 0 Å². The number of hydrogen-bond donors (Lipinski definition) is 0. The van der Waals surface area contributed by atoms with Crippen molar-refractivity contribution in [3.63, 3.8) is 0 Å². The molecule has 1 atom stereocenters. The molecular formula is C63H102O6. The summed E-state index contributed by atoms with van der Waals surface area (Å²) in [5.74, 6) is -0.971. The summed E-state index contributed by atoms with van der Waals surface area (Å²) in [6.45, 7) is 6.35. The molecule has 0 bridgehead atoms. The van der Waals surface area contributed by atoms with Crippen LogP contribution in [0.3, 0.4) is 0 Å². The first kappa shape index (κ1) is 64.8. The standard InChI is InChI=1S/C63H102O6/c1-4-7-10-13-16-19-22-25-27-29-31-33-35-38-41-44-47-50-53-56-62(65)68-59-60(58-67-61(64)55-52-49-46-43-40-37-24-21-18-15-12-9-6-3)69-63(66)57-54-51-48-45-42-39-36-34-32-30-28-26-23-20-17-14-11-8-5-2/h7-8,10-11,16-17,19-20,25-28,31-34,38-39,41-42,60H,4-6,9,12-15,18,21-24,29-30,35-37,40,43-59H2,1-3H3/b10-7-,11-8-,19-16-,20-17-,27-25-,28-26-,33-31-,34-32-,41-38-,42-39-/t60-/m0/s1. The van der Waals surface area contributed by atoms with Gasteiger partial charge in [0.25, 0.3) is 0 Å². The van der Waals surface area contributed by atoms with E-state index in [-0.39, 0.29) is 37.5 Å². The Bertz CT molecular complexity index is 1470. The molecule has 6 heteroatoms. The number of esters is 3. The molecule has 0 aliphatic heterocycles. The van der Waals surface area contributed by atoms with Crippen LogP contribution in [0.5, 0.6) is 0 Å². The maximum Gasteiger partial charge on any atom is 0.306 e. The summed E-state index contributed by atoms with van der Waals surface area (Å²) in [4.78, 5) is 38.1. The van der Waals surface area contributed by atoms with E-state index in [2.05, 4.69) is 142 Å². The van der Waals surface area contributed by atoms with Gasteiger partial charge in [-0.25, -0.2) is 0 Å². The molecule has 0 aromatic carbocycles. The van der Waals surface area contributed by atoms with Crippen molar-refractivity contribution in [2.45, 2.75) is 245 Å². The van der Waals surface area contributed by atoms with Gasteiger partial charge in [-0.05, 0) is 109 Å². The van der Waals surface area contributed by atoms with Crippen molar-refractivity contribution in [2.24, 2.45) is 0 Å². The van der Waals surface area contributed by atoms with Gasteiger partial charge in [-0.1, -0.05) is 232 Å². The third kappa shape index (κ3) is 54.6. The molecule has 0 aromatic rings. The molecule has 0 heterocycles. The van der Waals surface area contributed by atoms with E-state index in [1.807, 2.05) is 0 Å². The number of allylic oxidation sites excluding steroid dienone is 20. The van der Waals surface area contributed by atoms with Gasteiger partial charge in [0, 0.05) is 19.3 Å². The third-order valence-corrected chi connectivity index (χ3v) is 11.5. The monoisotopic (exact) mass is 955 g/mol. The maximum absolute atomic E-state index is 12.8. The maximum atomic E-state index is 12.8. The van der Waals surface area contributed by atoms with Gasteiger partial charge in [-0.15, -0.1) is 0 Å². The average molecular weight is 956 g/mol. The van der Waals surface area contributed by atoms with Gasteiger partial charge in [0.2, 0.25) is 0 Å². The van der Waals surface area contributed by atoms with Crippen molar-refractivity contribution in [3.05, 3.63) is 122 Å². The van der Waals surface area contributed by atoms with Gasteiger partial charge in [0.15, 0.2) is 6.10 Å². The lowest BCUT2D eigenvalue weighted by atomic mass is 10.0. The van der Waals surface area contributed by atoms with E-state index in [0.717, 1.165) is 128 Å². The molecule has 0 saturated heterocycles. The minimum atomic E-state index is -0.811. The van der Waals surface area contributed by atoms with Crippen molar-refractivity contribution in [3.8, 4) is 0 Å². The number of rotatable bonds is 49. The highest BCUT2D eigenvalue weighted by molar-refractivity contribution is 5.71. The molecule has 69 heavy (non-hydrogen) atoms. The molecule has 0 aliphatic rings. The fraction of sp³-hybridized carbons (Fsp3) is 0.635. The SMILES string of the molecule is CC/C=C\C/C=C\C/C=C\C/C=C\C/C=C\CCCCCC(=O)OC[C@H](COC(=O)CCCCCCCCCCCCCCC)OC(=O)CCCCC/C=C\C/C=C\C/C=C\C/C=C\C/C=C\CC. The Labute approximate surface area is 424 Å². The molecule has 0 amide bonds. The molecule has 0 aromatic heterocycles. The number of ether oxygens (including phenoxy) is 3. The fourth-order valence-corrected chi connectivity index (χ4v) is 7.32. The Morgan fingerprint density at radius 3 is 0.884 bits per heavy atom. The zero-order chi connectivity index (χ0) is 50.0. The summed E-state index contributed by atoms with van der Waals surface area (Å²) >= 11 is 0. The van der Waals surface area contributed by atoms with E-state index in [1.165, 1.54) is 64.2 Å². The number of unbranched alkanes of at least 4 members (excludes halogenated alkanes) is 18. The van der Waals surface area contributed by atoms with Gasteiger partial charge in [-0.3, -0.25) is 14.4 Å². The largest absolute Gasteiger partial charge is 0.462 e. The highest BCUT2D eigenvalue weighted by Gasteiger charge is 2.19. The van der Waals surface area contributed by atoms with Crippen LogP contribution in [-0.2, 0) is 28.6 Å². The number of carbonyl (C=O) groups is 3. The van der Waals surface area contributed by atoms with E-state index in [0.29, 0.717) is 19.3 Å². The minimum Gasteiger partial charge on any atom is -0.462 e. The first-order chi connectivity index (χ1) is 34.0. The Balaban J connectivity index is 4.52. The van der Waals surface area contributed by atoms with E-state index < -0.39 is 6.10 Å². The van der Waals surface area contributed by atoms with Gasteiger partial charge >= 0.3 is 17.9 Å². The normalized spacial score (nSPS) is 13.0. The van der Waals surface area contributed by atoms with Gasteiger partial charge in [0.1, 0.15) is 13.2 Å². The van der Waals surface area contributed by atoms with Gasteiger partial charge in [-0.2, -0.15) is 0 Å². The molecule has 6 nitrogen and oxygen atoms in total. The van der Waals surface area contributed by atoms with Gasteiger partial charge < -0.3 is 14.2 Å². The minimum absolute atomic E-state index is 0.104. The lowest BCUT2D eigenvalue weighted by molar-refractivity contribution is -0.167. The smallest absolute Gasteiger partial charge is 0.306 e. The Hall–Kier alpha value is -4.19. The Morgan fingerprint density at radius 2 is 0.565 bits per heavy atom. The molecule has 0 rings (SSSR count). The summed E-state index contributed by atoms with van der Waals surface area (Å²) in [6, 6.07) is 0. The summed E-state index contributed by atoms with van der Waals surface area (Å²) in [5, 5.41) is 0. The van der Waals surface area contributed by atoms with E-state index in [4.69, 9.17) is 14.2 Å². The number of carbonyl (C=O) groups excluding carboxylic acids is 3. The molecule has 0 fully saturated rings. The second-order valence-corrected chi connectivity index (χ2v) is 18.1. The van der Waals surface area contributed by atoms with Crippen LogP contribution in [0, 0.1) is 0 Å². The highest BCUT2D eigenvalue weighted by Crippen LogP contribution is 2.14. The van der Waals surface area contributed by atoms with Crippen molar-refractivity contribution in [1.29, 1.82) is 0 Å². The van der Waals surface area contributed by atoms with Crippen molar-refractivity contribution in [2.75, 3.05) is 13.2 Å². The van der Waals surface area contributed by atoms with Crippen LogP contribution in [-0.4, -0.2) is 37.2 Å². The predicted octanol–water partition coefficient (Wildman–Crippen LogP) is 18.9. The molecule has 0 unspecified atom stereocenters. The zero-order valence-corrected chi connectivity index (χ0v) is 44.5. The summed E-state index contributed by atoms with van der Waals surface area (Å²) < 4.78 is 16.8. The van der Waals surface area contributed by atoms with Crippen LogP contribution in [0.15, 0.2) is 122 Å². The summed E-state index contributed by atoms with van der Waals surface area (Å²) in [5.41, 5.74) is 0. The summed E-state index contributed by atoms with van der Waals surface area (Å²) in [7, 11) is 0. The second-order valence-electron chi connectivity index (χ2n) is 18.1. The molecule has 0 radical (unpaired) electrons. The van der Waals surface area contributed by atoms with Crippen molar-refractivity contribution >= 4 is 17.9 Å². The number of hydrogen-bond acceptors (Lipinski definition) is 6. The quantitative estimate of drug-likeness (QED) is 0.0262. The molecule has 390 valence electrons. The van der Waals surface area contributed by atoms with Crippen LogP contribution >= 0.6 is 0 Å². The van der Waals surface area contributed by atoms with E-state index >= 15 is 0 Å². The Kier molecular flexibility index (Phi) is 53.0. The van der Waals surface area contributed by atoms with Crippen LogP contribution in [0.25, 0.3) is 0 Å². The van der Waals surface area contributed by atoms with Crippen LogP contribution in [0.4, 0.5) is 0 Å². The lowest BCUT2D eigenvalue weighted by Gasteiger charge is -2.18. The predicted molar refractivity (Wildman–Crippen MR) is 297 cm³/mol. The first-order valence-electron chi connectivity index (χ1n) is 28.0. The van der Waals surface area contributed by atoms with E-state index in [1.54, 1.807) is 0 Å². The molecule has 0 N–H and O–H groups in total. The third-order valence-electron chi connectivity index (χ3n) is 11.5. The zero-order valence-electron chi connectivity index (χ0n) is 44.5. The molecule has 0 aliphatic carbocycles. The van der Waals surface area contributed by atoms with Crippen LogP contribution in [0.2, 0.25) is 0 Å².